The molecule has 1 aromatic heterocycles. The van der Waals surface area contributed by atoms with Crippen LogP contribution < -0.4 is 0 Å². The average molecular weight is 225 g/mol. The fourth-order valence-electron chi connectivity index (χ4n) is 1.12. The van der Waals surface area contributed by atoms with E-state index < -0.39 is 0 Å². The van der Waals surface area contributed by atoms with Gasteiger partial charge in [0.1, 0.15) is 0 Å². The highest BCUT2D eigenvalue weighted by atomic mass is 32.1. The molecule has 0 bridgehead atoms. The van der Waals surface area contributed by atoms with Gasteiger partial charge in [-0.05, 0) is 18.4 Å². The molecular weight excluding hydrogens is 210 g/mol. The molecule has 0 amide bonds. The Morgan fingerprint density at radius 3 is 2.80 bits per heavy atom. The molecule has 82 valence electrons. The maximum Gasteiger partial charge on any atom is 0.341 e. The first-order chi connectivity index (χ1) is 7.15. The number of ether oxygens (including phenoxy) is 1. The highest BCUT2D eigenvalue weighted by Crippen LogP contribution is 2.21. The third-order valence-corrected chi connectivity index (χ3v) is 2.57. The molecule has 0 radical (unpaired) electrons. The molecule has 0 fully saturated rings. The summed E-state index contributed by atoms with van der Waals surface area (Å²) in [7, 11) is 3.76. The quantitative estimate of drug-likeness (QED) is 0.581. The maximum absolute atomic E-state index is 11.7. The van der Waals surface area contributed by atoms with Crippen LogP contribution in [0.3, 0.4) is 0 Å². The predicted molar refractivity (Wildman–Crippen MR) is 62.6 cm³/mol. The standard InChI is InChI=1S/C11H15NO2S/c1-4-14-11(13)9(8-12(2)3)10-6-5-7-15-10/h5-8H,4H2,1-3H3/b9-8-. The van der Waals surface area contributed by atoms with E-state index in [-0.39, 0.29) is 5.97 Å². The second kappa shape index (κ2) is 5.56. The van der Waals surface area contributed by atoms with Gasteiger partial charge < -0.3 is 9.64 Å². The van der Waals surface area contributed by atoms with Crippen LogP contribution in [0, 0.1) is 0 Å². The van der Waals surface area contributed by atoms with Gasteiger partial charge in [-0.15, -0.1) is 11.3 Å². The molecule has 0 saturated heterocycles. The molecular formula is C11H15NO2S. The molecule has 1 rings (SSSR count). The van der Waals surface area contributed by atoms with Crippen molar-refractivity contribution in [3.05, 3.63) is 28.6 Å². The Bertz CT molecular complexity index is 341. The minimum absolute atomic E-state index is 0.270. The maximum atomic E-state index is 11.7. The number of hydrogen-bond donors (Lipinski definition) is 0. The highest BCUT2D eigenvalue weighted by Gasteiger charge is 2.14. The van der Waals surface area contributed by atoms with Crippen LogP contribution in [0.5, 0.6) is 0 Å². The minimum Gasteiger partial charge on any atom is -0.462 e. The van der Waals surface area contributed by atoms with Crippen molar-refractivity contribution < 1.29 is 9.53 Å². The largest absolute Gasteiger partial charge is 0.462 e. The summed E-state index contributed by atoms with van der Waals surface area (Å²) in [6.45, 7) is 2.20. The second-order valence-corrected chi connectivity index (χ2v) is 4.15. The summed E-state index contributed by atoms with van der Waals surface area (Å²) in [5, 5.41) is 1.94. The van der Waals surface area contributed by atoms with E-state index >= 15 is 0 Å². The van der Waals surface area contributed by atoms with Crippen LogP contribution >= 0.6 is 11.3 Å². The van der Waals surface area contributed by atoms with Crippen molar-refractivity contribution in [2.75, 3.05) is 20.7 Å². The van der Waals surface area contributed by atoms with E-state index in [1.807, 2.05) is 36.5 Å². The van der Waals surface area contributed by atoms with Gasteiger partial charge in [-0.1, -0.05) is 6.07 Å². The second-order valence-electron chi connectivity index (χ2n) is 3.20. The van der Waals surface area contributed by atoms with Crippen LogP contribution in [-0.2, 0) is 9.53 Å². The third kappa shape index (κ3) is 3.40. The van der Waals surface area contributed by atoms with Crippen LogP contribution in [0.4, 0.5) is 0 Å². The van der Waals surface area contributed by atoms with E-state index in [9.17, 15) is 4.79 Å². The van der Waals surface area contributed by atoms with Gasteiger partial charge in [-0.25, -0.2) is 4.79 Å². The molecule has 0 N–H and O–H groups in total. The van der Waals surface area contributed by atoms with Crippen LogP contribution in [-0.4, -0.2) is 31.6 Å². The first-order valence-electron chi connectivity index (χ1n) is 4.74. The first-order valence-corrected chi connectivity index (χ1v) is 5.62. The van der Waals surface area contributed by atoms with Gasteiger partial charge in [-0.3, -0.25) is 0 Å². The van der Waals surface area contributed by atoms with Crippen molar-refractivity contribution >= 4 is 22.9 Å². The lowest BCUT2D eigenvalue weighted by Crippen LogP contribution is -2.10. The van der Waals surface area contributed by atoms with Crippen molar-refractivity contribution in [2.45, 2.75) is 6.92 Å². The summed E-state index contributed by atoms with van der Waals surface area (Å²) < 4.78 is 5.00. The first kappa shape index (κ1) is 11.8. The van der Waals surface area contributed by atoms with Crippen molar-refractivity contribution in [1.29, 1.82) is 0 Å². The lowest BCUT2D eigenvalue weighted by molar-refractivity contribution is -0.136. The van der Waals surface area contributed by atoms with E-state index in [1.165, 1.54) is 11.3 Å². The lowest BCUT2D eigenvalue weighted by Gasteiger charge is -2.09. The SMILES string of the molecule is CCOC(=O)/C(=C\N(C)C)c1cccs1. The highest BCUT2D eigenvalue weighted by molar-refractivity contribution is 7.11. The summed E-state index contributed by atoms with van der Waals surface area (Å²) >= 11 is 1.53. The number of carbonyl (C=O) groups excluding carboxylic acids is 1. The van der Waals surface area contributed by atoms with E-state index in [2.05, 4.69) is 0 Å². The number of rotatable bonds is 4. The Kier molecular flexibility index (Phi) is 4.37. The Morgan fingerprint density at radius 1 is 1.60 bits per heavy atom. The molecule has 15 heavy (non-hydrogen) atoms. The Labute approximate surface area is 94.0 Å². The van der Waals surface area contributed by atoms with Gasteiger partial charge in [0.2, 0.25) is 0 Å². The number of esters is 1. The average Bonchev–Trinajstić information content (AvgIpc) is 2.66. The minimum atomic E-state index is -0.270. The van der Waals surface area contributed by atoms with Gasteiger partial charge in [0.05, 0.1) is 12.2 Å². The number of thiophene rings is 1. The normalized spacial score (nSPS) is 11.3. The third-order valence-electron chi connectivity index (χ3n) is 1.67. The topological polar surface area (TPSA) is 29.5 Å². The van der Waals surface area contributed by atoms with Crippen LogP contribution in [0.1, 0.15) is 11.8 Å². The van der Waals surface area contributed by atoms with E-state index in [1.54, 1.807) is 13.1 Å². The molecule has 0 spiro atoms. The molecule has 0 aromatic carbocycles. The van der Waals surface area contributed by atoms with Gasteiger partial charge in [0.25, 0.3) is 0 Å². The van der Waals surface area contributed by atoms with Crippen LogP contribution in [0.2, 0.25) is 0 Å². The summed E-state index contributed by atoms with van der Waals surface area (Å²) in [5.41, 5.74) is 0.608. The van der Waals surface area contributed by atoms with Crippen molar-refractivity contribution in [3.63, 3.8) is 0 Å². The molecule has 3 nitrogen and oxygen atoms in total. The van der Waals surface area contributed by atoms with Gasteiger partial charge in [-0.2, -0.15) is 0 Å². The van der Waals surface area contributed by atoms with Crippen molar-refractivity contribution in [1.82, 2.24) is 4.90 Å². The molecule has 0 aliphatic carbocycles. The van der Waals surface area contributed by atoms with Crippen LogP contribution in [0.15, 0.2) is 23.7 Å². The van der Waals surface area contributed by atoms with Gasteiger partial charge in [0.15, 0.2) is 0 Å². The molecule has 0 aliphatic heterocycles. The van der Waals surface area contributed by atoms with Crippen LogP contribution in [0.25, 0.3) is 5.57 Å². The van der Waals surface area contributed by atoms with Crippen molar-refractivity contribution in [2.24, 2.45) is 0 Å². The summed E-state index contributed by atoms with van der Waals surface area (Å²) in [6, 6.07) is 3.83. The lowest BCUT2D eigenvalue weighted by atomic mass is 10.2. The Hall–Kier alpha value is -1.29. The fourth-order valence-corrected chi connectivity index (χ4v) is 1.84. The zero-order valence-electron chi connectivity index (χ0n) is 9.19. The van der Waals surface area contributed by atoms with E-state index in [0.29, 0.717) is 12.2 Å². The molecule has 0 atom stereocenters. The predicted octanol–water partition coefficient (Wildman–Crippen LogP) is 2.21. The summed E-state index contributed by atoms with van der Waals surface area (Å²) in [6.07, 6.45) is 1.78. The van der Waals surface area contributed by atoms with Crippen molar-refractivity contribution in [3.8, 4) is 0 Å². The number of nitrogens with zero attached hydrogens (tertiary/aromatic N) is 1. The zero-order valence-corrected chi connectivity index (χ0v) is 10.0. The summed E-state index contributed by atoms with van der Waals surface area (Å²) in [5.74, 6) is -0.270. The Balaban J connectivity index is 2.94. The zero-order chi connectivity index (χ0) is 11.3. The molecule has 0 saturated carbocycles. The molecule has 1 heterocycles. The number of carbonyl (C=O) groups is 1. The smallest absolute Gasteiger partial charge is 0.341 e. The fraction of sp³-hybridized carbons (Fsp3) is 0.364. The van der Waals surface area contributed by atoms with Gasteiger partial charge in [0, 0.05) is 25.2 Å². The summed E-state index contributed by atoms with van der Waals surface area (Å²) in [4.78, 5) is 14.4. The Morgan fingerprint density at radius 2 is 2.33 bits per heavy atom. The van der Waals surface area contributed by atoms with E-state index in [0.717, 1.165) is 4.88 Å². The van der Waals surface area contributed by atoms with E-state index in [4.69, 9.17) is 4.74 Å². The monoisotopic (exact) mass is 225 g/mol. The molecule has 1 aromatic rings. The van der Waals surface area contributed by atoms with Gasteiger partial charge >= 0.3 is 5.97 Å². The molecule has 4 heteroatoms. The molecule has 0 aliphatic rings. The number of hydrogen-bond acceptors (Lipinski definition) is 4. The molecule has 0 unspecified atom stereocenters.